The van der Waals surface area contributed by atoms with Crippen LogP contribution in [0.15, 0.2) is 51.4 Å². The lowest BCUT2D eigenvalue weighted by Crippen LogP contribution is -2.15. The largest absolute Gasteiger partial charge is 0.478 e. The Hall–Kier alpha value is -1.66. The van der Waals surface area contributed by atoms with Gasteiger partial charge in [0.1, 0.15) is 0 Å². The minimum Gasteiger partial charge on any atom is -0.478 e. The highest BCUT2D eigenvalue weighted by atomic mass is 79.9. The van der Waals surface area contributed by atoms with E-state index < -0.39 is 5.97 Å². The lowest BCUT2D eigenvalue weighted by molar-refractivity contribution is 0.0698. The predicted octanol–water partition coefficient (Wildman–Crippen LogP) is 4.16. The number of carbonyl (C=O) groups excluding carboxylic acids is 1. The van der Waals surface area contributed by atoms with Crippen LogP contribution in [0.1, 0.15) is 20.7 Å². The second-order valence-corrected chi connectivity index (χ2v) is 5.71. The summed E-state index contributed by atoms with van der Waals surface area (Å²) in [6, 6.07) is 11.7. The van der Waals surface area contributed by atoms with E-state index in [1.54, 1.807) is 36.4 Å². The highest BCUT2D eigenvalue weighted by molar-refractivity contribution is 9.11. The van der Waals surface area contributed by atoms with E-state index in [0.717, 1.165) is 0 Å². The second-order valence-electron chi connectivity index (χ2n) is 3.94. The van der Waals surface area contributed by atoms with Gasteiger partial charge in [0.05, 0.1) is 11.3 Å². The fourth-order valence-electron chi connectivity index (χ4n) is 1.64. The average molecular weight is 399 g/mol. The van der Waals surface area contributed by atoms with Crippen molar-refractivity contribution in [1.82, 2.24) is 0 Å². The van der Waals surface area contributed by atoms with Crippen LogP contribution in [0.4, 0.5) is 5.69 Å². The third kappa shape index (κ3) is 3.26. The van der Waals surface area contributed by atoms with E-state index in [4.69, 9.17) is 0 Å². The van der Waals surface area contributed by atoms with Gasteiger partial charge in [-0.05, 0) is 40.2 Å². The van der Waals surface area contributed by atoms with Crippen molar-refractivity contribution >= 4 is 49.4 Å². The molecule has 0 saturated heterocycles. The lowest BCUT2D eigenvalue weighted by Gasteiger charge is -2.11. The number of halogens is 2. The number of hydrogen-bond acceptors (Lipinski definition) is 2. The van der Waals surface area contributed by atoms with Crippen molar-refractivity contribution in [2.24, 2.45) is 0 Å². The summed E-state index contributed by atoms with van der Waals surface area (Å²) in [5.74, 6) is -1.48. The van der Waals surface area contributed by atoms with Gasteiger partial charge >= 0.3 is 5.97 Å². The van der Waals surface area contributed by atoms with Gasteiger partial charge in [-0.3, -0.25) is 4.79 Å². The Morgan fingerprint density at radius 1 is 1.05 bits per heavy atom. The Labute approximate surface area is 132 Å². The summed E-state index contributed by atoms with van der Waals surface area (Å²) in [6.45, 7) is 0. The van der Waals surface area contributed by atoms with Crippen molar-refractivity contribution in [3.63, 3.8) is 0 Å². The van der Waals surface area contributed by atoms with Crippen LogP contribution in [0.2, 0.25) is 0 Å². The van der Waals surface area contributed by atoms with Crippen molar-refractivity contribution in [3.8, 4) is 0 Å². The van der Waals surface area contributed by atoms with Gasteiger partial charge in [0, 0.05) is 14.5 Å². The van der Waals surface area contributed by atoms with Crippen LogP contribution in [-0.4, -0.2) is 17.0 Å². The first kappa shape index (κ1) is 14.7. The van der Waals surface area contributed by atoms with Crippen LogP contribution in [0, 0.1) is 0 Å². The molecule has 0 aliphatic rings. The zero-order valence-electron chi connectivity index (χ0n) is 10.1. The fraction of sp³-hybridized carbons (Fsp3) is 0. The number of carbonyl (C=O) groups is 2. The molecule has 0 radical (unpaired) electrons. The Balaban J connectivity index is 2.39. The number of carboxylic acids is 1. The third-order valence-corrected chi connectivity index (χ3v) is 3.64. The molecule has 1 amide bonds. The first-order chi connectivity index (χ1) is 9.49. The van der Waals surface area contributed by atoms with Gasteiger partial charge in [0.15, 0.2) is 0 Å². The molecule has 0 bridgehead atoms. The number of rotatable bonds is 3. The van der Waals surface area contributed by atoms with E-state index in [9.17, 15) is 14.7 Å². The normalized spacial score (nSPS) is 10.1. The van der Waals surface area contributed by atoms with Crippen LogP contribution < -0.4 is 5.32 Å². The molecule has 20 heavy (non-hydrogen) atoms. The Kier molecular flexibility index (Phi) is 4.57. The van der Waals surface area contributed by atoms with Gasteiger partial charge in [-0.15, -0.1) is 0 Å². The van der Waals surface area contributed by atoms with Crippen molar-refractivity contribution in [1.29, 1.82) is 0 Å². The summed E-state index contributed by atoms with van der Waals surface area (Å²) in [7, 11) is 0. The topological polar surface area (TPSA) is 66.4 Å². The molecule has 2 rings (SSSR count). The van der Waals surface area contributed by atoms with Gasteiger partial charge in [0.2, 0.25) is 0 Å². The maximum absolute atomic E-state index is 12.1. The summed E-state index contributed by atoms with van der Waals surface area (Å²) in [5, 5.41) is 11.8. The van der Waals surface area contributed by atoms with Gasteiger partial charge in [-0.2, -0.15) is 0 Å². The van der Waals surface area contributed by atoms with Crippen molar-refractivity contribution in [3.05, 3.63) is 62.5 Å². The summed E-state index contributed by atoms with van der Waals surface area (Å²) in [4.78, 5) is 23.3. The van der Waals surface area contributed by atoms with Crippen LogP contribution in [0.3, 0.4) is 0 Å². The number of carboxylic acid groups (broad SMARTS) is 1. The second kappa shape index (κ2) is 6.19. The minimum absolute atomic E-state index is 0.00975. The maximum Gasteiger partial charge on any atom is 0.337 e. The molecule has 102 valence electrons. The molecular formula is C14H9Br2NO3. The molecule has 0 fully saturated rings. The highest BCUT2D eigenvalue weighted by Gasteiger charge is 2.17. The van der Waals surface area contributed by atoms with Gasteiger partial charge in [-0.1, -0.05) is 34.1 Å². The van der Waals surface area contributed by atoms with Crippen LogP contribution >= 0.6 is 31.9 Å². The average Bonchev–Trinajstić information content (AvgIpc) is 2.42. The van der Waals surface area contributed by atoms with Gasteiger partial charge in [-0.25, -0.2) is 4.79 Å². The van der Waals surface area contributed by atoms with Gasteiger partial charge < -0.3 is 10.4 Å². The zero-order valence-corrected chi connectivity index (χ0v) is 13.2. The first-order valence-corrected chi connectivity index (χ1v) is 7.16. The Morgan fingerprint density at radius 3 is 2.30 bits per heavy atom. The first-order valence-electron chi connectivity index (χ1n) is 5.58. The monoisotopic (exact) mass is 397 g/mol. The van der Waals surface area contributed by atoms with Crippen molar-refractivity contribution in [2.75, 3.05) is 5.32 Å². The molecule has 2 aromatic carbocycles. The van der Waals surface area contributed by atoms with Gasteiger partial charge in [0.25, 0.3) is 5.91 Å². The summed E-state index contributed by atoms with van der Waals surface area (Å²) in [5.41, 5.74) is 0.698. The van der Waals surface area contributed by atoms with E-state index in [0.29, 0.717) is 14.5 Å². The molecule has 2 N–H and O–H groups in total. The molecular weight excluding hydrogens is 390 g/mol. The van der Waals surface area contributed by atoms with E-state index >= 15 is 0 Å². The summed E-state index contributed by atoms with van der Waals surface area (Å²) >= 11 is 6.48. The quantitative estimate of drug-likeness (QED) is 0.815. The van der Waals surface area contributed by atoms with E-state index in [1.807, 2.05) is 0 Å². The predicted molar refractivity (Wildman–Crippen MR) is 83.2 cm³/mol. The molecule has 6 heteroatoms. The SMILES string of the molecule is O=C(Nc1c(Br)cc(Br)cc1C(=O)O)c1ccccc1. The van der Waals surface area contributed by atoms with E-state index in [1.165, 1.54) is 6.07 Å². The number of amides is 1. The summed E-state index contributed by atoms with van der Waals surface area (Å²) in [6.07, 6.45) is 0. The van der Waals surface area contributed by atoms with Crippen molar-refractivity contribution < 1.29 is 14.7 Å². The molecule has 0 aliphatic carbocycles. The lowest BCUT2D eigenvalue weighted by atomic mass is 10.1. The number of benzene rings is 2. The van der Waals surface area contributed by atoms with Crippen molar-refractivity contribution in [2.45, 2.75) is 0 Å². The third-order valence-electron chi connectivity index (χ3n) is 2.56. The van der Waals surface area contributed by atoms with Crippen LogP contribution in [-0.2, 0) is 0 Å². The number of aromatic carboxylic acids is 1. The zero-order chi connectivity index (χ0) is 14.7. The van der Waals surface area contributed by atoms with Crippen LogP contribution in [0.5, 0.6) is 0 Å². The molecule has 0 heterocycles. The highest BCUT2D eigenvalue weighted by Crippen LogP contribution is 2.31. The Bertz CT molecular complexity index is 672. The number of nitrogens with one attached hydrogen (secondary N) is 1. The molecule has 4 nitrogen and oxygen atoms in total. The number of anilines is 1. The molecule has 0 atom stereocenters. The van der Waals surface area contributed by atoms with E-state index in [-0.39, 0.29) is 17.2 Å². The minimum atomic E-state index is -1.12. The smallest absolute Gasteiger partial charge is 0.337 e. The molecule has 0 spiro atoms. The maximum atomic E-state index is 12.1. The molecule has 0 aliphatic heterocycles. The molecule has 2 aromatic rings. The number of hydrogen-bond donors (Lipinski definition) is 2. The fourth-order valence-corrected chi connectivity index (χ4v) is 2.97. The standard InChI is InChI=1S/C14H9Br2NO3/c15-9-6-10(14(19)20)12(11(16)7-9)17-13(18)8-4-2-1-3-5-8/h1-7H,(H,17,18)(H,19,20). The molecule has 0 aromatic heterocycles. The molecule has 0 saturated carbocycles. The molecule has 0 unspecified atom stereocenters. The van der Waals surface area contributed by atoms with Crippen LogP contribution in [0.25, 0.3) is 0 Å². The Morgan fingerprint density at radius 2 is 1.70 bits per heavy atom. The van der Waals surface area contributed by atoms with E-state index in [2.05, 4.69) is 37.2 Å². The summed E-state index contributed by atoms with van der Waals surface area (Å²) < 4.78 is 1.10.